The summed E-state index contributed by atoms with van der Waals surface area (Å²) < 4.78 is 5.18. The SMILES string of the molecule is C=C(CCNC(=O)OC(C)(C)C)CNC(=O)N1C[C@@H]2C[C@H]1CN2C1CC1. The van der Waals surface area contributed by atoms with E-state index in [0.29, 0.717) is 31.6 Å². The van der Waals surface area contributed by atoms with Crippen LogP contribution in [0.15, 0.2) is 12.2 Å². The molecule has 0 radical (unpaired) electrons. The fourth-order valence-electron chi connectivity index (χ4n) is 3.85. The van der Waals surface area contributed by atoms with Gasteiger partial charge in [-0.15, -0.1) is 0 Å². The molecular weight excluding hydrogens is 332 g/mol. The van der Waals surface area contributed by atoms with Crippen LogP contribution in [0.5, 0.6) is 0 Å². The van der Waals surface area contributed by atoms with Crippen molar-refractivity contribution in [2.75, 3.05) is 26.2 Å². The Morgan fingerprint density at radius 1 is 1.12 bits per heavy atom. The number of amides is 3. The Hall–Kier alpha value is -1.76. The molecule has 0 spiro atoms. The number of hydrogen-bond acceptors (Lipinski definition) is 4. The molecule has 0 aromatic carbocycles. The molecule has 0 aromatic heterocycles. The quantitative estimate of drug-likeness (QED) is 0.708. The van der Waals surface area contributed by atoms with E-state index in [-0.39, 0.29) is 6.03 Å². The van der Waals surface area contributed by atoms with Crippen LogP contribution < -0.4 is 10.6 Å². The molecule has 2 bridgehead atoms. The lowest BCUT2D eigenvalue weighted by Gasteiger charge is -2.34. The van der Waals surface area contributed by atoms with E-state index in [1.54, 1.807) is 0 Å². The number of alkyl carbamates (subject to hydrolysis) is 1. The van der Waals surface area contributed by atoms with Crippen molar-refractivity contribution >= 4 is 12.1 Å². The lowest BCUT2D eigenvalue weighted by Crippen LogP contribution is -2.52. The second-order valence-corrected chi connectivity index (χ2v) is 8.71. The van der Waals surface area contributed by atoms with Crippen molar-refractivity contribution in [3.8, 4) is 0 Å². The van der Waals surface area contributed by atoms with E-state index in [1.807, 2.05) is 25.7 Å². The number of likely N-dealkylation sites (tertiary alicyclic amines) is 2. The molecule has 3 amide bonds. The number of urea groups is 1. The lowest BCUT2D eigenvalue weighted by molar-refractivity contribution is 0.0528. The topological polar surface area (TPSA) is 73.9 Å². The van der Waals surface area contributed by atoms with Crippen LogP contribution in [0.1, 0.15) is 46.5 Å². The minimum Gasteiger partial charge on any atom is -0.444 e. The summed E-state index contributed by atoms with van der Waals surface area (Å²) in [5.74, 6) is 0. The molecule has 0 aromatic rings. The molecule has 2 heterocycles. The van der Waals surface area contributed by atoms with Crippen LogP contribution in [0.3, 0.4) is 0 Å². The van der Waals surface area contributed by atoms with Gasteiger partial charge in [-0.25, -0.2) is 9.59 Å². The number of nitrogens with zero attached hydrogens (tertiary/aromatic N) is 2. The molecule has 3 fully saturated rings. The second kappa shape index (κ2) is 7.47. The second-order valence-electron chi connectivity index (χ2n) is 8.71. The van der Waals surface area contributed by atoms with Crippen LogP contribution in [0, 0.1) is 0 Å². The zero-order valence-electron chi connectivity index (χ0n) is 16.2. The van der Waals surface area contributed by atoms with Crippen LogP contribution in [0.4, 0.5) is 9.59 Å². The number of piperazine rings is 1. The molecule has 26 heavy (non-hydrogen) atoms. The van der Waals surface area contributed by atoms with Crippen molar-refractivity contribution in [3.63, 3.8) is 0 Å². The van der Waals surface area contributed by atoms with Crippen molar-refractivity contribution in [2.24, 2.45) is 0 Å². The molecule has 0 unspecified atom stereocenters. The first-order valence-corrected chi connectivity index (χ1v) is 9.66. The van der Waals surface area contributed by atoms with Gasteiger partial charge in [0.05, 0.1) is 0 Å². The van der Waals surface area contributed by atoms with Gasteiger partial charge in [0.1, 0.15) is 5.60 Å². The third-order valence-corrected chi connectivity index (χ3v) is 5.20. The van der Waals surface area contributed by atoms with Crippen molar-refractivity contribution in [2.45, 2.75) is 70.2 Å². The molecular formula is C19H32N4O3. The molecule has 3 aliphatic rings. The highest BCUT2D eigenvalue weighted by Gasteiger charge is 2.49. The van der Waals surface area contributed by atoms with E-state index >= 15 is 0 Å². The summed E-state index contributed by atoms with van der Waals surface area (Å²) in [6, 6.07) is 1.71. The number of ether oxygens (including phenoxy) is 1. The fraction of sp³-hybridized carbons (Fsp3) is 0.789. The fourth-order valence-corrected chi connectivity index (χ4v) is 3.85. The Balaban J connectivity index is 1.30. The molecule has 146 valence electrons. The van der Waals surface area contributed by atoms with E-state index in [1.165, 1.54) is 12.8 Å². The van der Waals surface area contributed by atoms with Gasteiger partial charge in [0.25, 0.3) is 0 Å². The molecule has 2 N–H and O–H groups in total. The molecule has 7 heteroatoms. The number of hydrogen-bond donors (Lipinski definition) is 2. The standard InChI is InChI=1S/C19H32N4O3/c1-13(7-8-20-18(25)26-19(2,3)4)10-21-17(24)23-12-15-9-16(23)11-22(15)14-5-6-14/h14-16H,1,5-12H2,2-4H3,(H,20,25)(H,21,24)/t15-,16-/m0/s1. The Kier molecular flexibility index (Phi) is 5.46. The van der Waals surface area contributed by atoms with Gasteiger partial charge in [-0.3, -0.25) is 4.90 Å². The Morgan fingerprint density at radius 3 is 2.42 bits per heavy atom. The number of carbonyl (C=O) groups excluding carboxylic acids is 2. The van der Waals surface area contributed by atoms with E-state index in [9.17, 15) is 9.59 Å². The minimum absolute atomic E-state index is 0.00852. The molecule has 1 aliphatic carbocycles. The van der Waals surface area contributed by atoms with Gasteiger partial charge in [0, 0.05) is 44.3 Å². The van der Waals surface area contributed by atoms with Gasteiger partial charge in [-0.1, -0.05) is 12.2 Å². The molecule has 2 aliphatic heterocycles. The van der Waals surface area contributed by atoms with Gasteiger partial charge in [0.15, 0.2) is 0 Å². The van der Waals surface area contributed by atoms with Crippen LogP contribution >= 0.6 is 0 Å². The highest BCUT2D eigenvalue weighted by molar-refractivity contribution is 5.75. The van der Waals surface area contributed by atoms with Gasteiger partial charge < -0.3 is 20.3 Å². The zero-order chi connectivity index (χ0) is 18.9. The number of carbonyl (C=O) groups is 2. The number of nitrogens with one attached hydrogen (secondary N) is 2. The maximum Gasteiger partial charge on any atom is 0.407 e. The predicted octanol–water partition coefficient (Wildman–Crippen LogP) is 2.09. The van der Waals surface area contributed by atoms with Crippen molar-refractivity contribution < 1.29 is 14.3 Å². The van der Waals surface area contributed by atoms with E-state index < -0.39 is 11.7 Å². The van der Waals surface area contributed by atoms with Crippen LogP contribution in [0.25, 0.3) is 0 Å². The summed E-state index contributed by atoms with van der Waals surface area (Å²) in [7, 11) is 0. The van der Waals surface area contributed by atoms with E-state index in [0.717, 1.165) is 31.1 Å². The maximum atomic E-state index is 12.4. The van der Waals surface area contributed by atoms with Crippen molar-refractivity contribution in [1.82, 2.24) is 20.4 Å². The Morgan fingerprint density at radius 2 is 1.85 bits per heavy atom. The predicted molar refractivity (Wildman–Crippen MR) is 100 cm³/mol. The molecule has 1 saturated carbocycles. The molecule has 2 atom stereocenters. The summed E-state index contributed by atoms with van der Waals surface area (Å²) in [5.41, 5.74) is 0.387. The summed E-state index contributed by atoms with van der Waals surface area (Å²) in [5, 5.41) is 5.68. The summed E-state index contributed by atoms with van der Waals surface area (Å²) >= 11 is 0. The van der Waals surface area contributed by atoms with E-state index in [2.05, 4.69) is 22.1 Å². The van der Waals surface area contributed by atoms with Crippen LogP contribution in [-0.2, 0) is 4.74 Å². The maximum absolute atomic E-state index is 12.4. The average molecular weight is 364 g/mol. The molecule has 7 nitrogen and oxygen atoms in total. The van der Waals surface area contributed by atoms with Gasteiger partial charge in [0.2, 0.25) is 0 Å². The van der Waals surface area contributed by atoms with Crippen molar-refractivity contribution in [3.05, 3.63) is 12.2 Å². The normalized spacial score (nSPS) is 25.3. The van der Waals surface area contributed by atoms with Gasteiger partial charge in [-0.2, -0.15) is 0 Å². The first-order chi connectivity index (χ1) is 12.2. The van der Waals surface area contributed by atoms with Gasteiger partial charge >= 0.3 is 12.1 Å². The lowest BCUT2D eigenvalue weighted by atomic mass is 10.2. The van der Waals surface area contributed by atoms with Crippen LogP contribution in [0.2, 0.25) is 0 Å². The highest BCUT2D eigenvalue weighted by Crippen LogP contribution is 2.39. The Labute approximate surface area is 156 Å². The summed E-state index contributed by atoms with van der Waals surface area (Å²) in [4.78, 5) is 28.6. The monoisotopic (exact) mass is 364 g/mol. The van der Waals surface area contributed by atoms with Crippen molar-refractivity contribution in [1.29, 1.82) is 0 Å². The summed E-state index contributed by atoms with van der Waals surface area (Å²) in [6.07, 6.45) is 3.95. The van der Waals surface area contributed by atoms with E-state index in [4.69, 9.17) is 4.74 Å². The zero-order valence-corrected chi connectivity index (χ0v) is 16.2. The Bertz CT molecular complexity index is 568. The number of rotatable bonds is 6. The number of fused-ring (bicyclic) bond motifs is 2. The smallest absolute Gasteiger partial charge is 0.407 e. The third kappa shape index (κ3) is 4.90. The highest BCUT2D eigenvalue weighted by atomic mass is 16.6. The molecule has 2 saturated heterocycles. The first kappa shape index (κ1) is 19.0. The first-order valence-electron chi connectivity index (χ1n) is 9.66. The average Bonchev–Trinajstić information content (AvgIpc) is 3.19. The molecule has 3 rings (SSSR count). The third-order valence-electron chi connectivity index (χ3n) is 5.20. The summed E-state index contributed by atoms with van der Waals surface area (Å²) in [6.45, 7) is 12.2. The largest absolute Gasteiger partial charge is 0.444 e. The van der Waals surface area contributed by atoms with Crippen LogP contribution in [-0.4, -0.2) is 71.8 Å². The van der Waals surface area contributed by atoms with Gasteiger partial charge in [-0.05, 0) is 46.5 Å². The minimum atomic E-state index is -0.501.